The number of nitrogens with zero attached hydrogens (tertiary/aromatic N) is 1. The minimum absolute atomic E-state index is 0. The van der Waals surface area contributed by atoms with E-state index in [-0.39, 0.29) is 12.4 Å². The number of nitrogens with one attached hydrogen (secondary N) is 1. The van der Waals surface area contributed by atoms with Gasteiger partial charge in [-0.2, -0.15) is 0 Å². The molecule has 4 heteroatoms. The standard InChI is InChI=1S/C15H28N2O.ClH/c1-17(14-8-4-2-3-5-9-14)15(18)11-10-13-7-6-12-16-13;/h13-14,16H,2-12H2,1H3;1H. The van der Waals surface area contributed by atoms with Crippen molar-refractivity contribution in [3.05, 3.63) is 0 Å². The molecule has 2 aliphatic rings. The van der Waals surface area contributed by atoms with E-state index in [2.05, 4.69) is 5.32 Å². The molecule has 0 radical (unpaired) electrons. The van der Waals surface area contributed by atoms with Gasteiger partial charge in [-0.15, -0.1) is 12.4 Å². The van der Waals surface area contributed by atoms with Gasteiger partial charge in [-0.05, 0) is 38.6 Å². The summed E-state index contributed by atoms with van der Waals surface area (Å²) in [5.41, 5.74) is 0. The minimum atomic E-state index is 0. The molecule has 112 valence electrons. The average molecular weight is 289 g/mol. The average Bonchev–Trinajstić information content (AvgIpc) is 2.75. The summed E-state index contributed by atoms with van der Waals surface area (Å²) in [6.07, 6.45) is 12.0. The molecule has 19 heavy (non-hydrogen) atoms. The molecule has 2 rings (SSSR count). The molecule has 1 aliphatic heterocycles. The molecule has 0 aromatic heterocycles. The maximum Gasteiger partial charge on any atom is 0.222 e. The van der Waals surface area contributed by atoms with Gasteiger partial charge in [-0.3, -0.25) is 4.79 Å². The van der Waals surface area contributed by atoms with Crippen molar-refractivity contribution < 1.29 is 4.79 Å². The highest BCUT2D eigenvalue weighted by atomic mass is 35.5. The van der Waals surface area contributed by atoms with Gasteiger partial charge in [-0.1, -0.05) is 25.7 Å². The Labute approximate surface area is 123 Å². The van der Waals surface area contributed by atoms with Crippen LogP contribution in [0.4, 0.5) is 0 Å². The maximum atomic E-state index is 12.2. The van der Waals surface area contributed by atoms with E-state index in [1.165, 1.54) is 51.4 Å². The zero-order valence-electron chi connectivity index (χ0n) is 12.2. The first kappa shape index (κ1) is 16.8. The molecule has 1 saturated heterocycles. The Kier molecular flexibility index (Phi) is 7.77. The first-order valence-corrected chi connectivity index (χ1v) is 7.76. The van der Waals surface area contributed by atoms with Gasteiger partial charge in [-0.25, -0.2) is 0 Å². The third-order valence-corrected chi connectivity index (χ3v) is 4.63. The molecule has 0 spiro atoms. The highest BCUT2D eigenvalue weighted by Gasteiger charge is 2.22. The van der Waals surface area contributed by atoms with Gasteiger partial charge in [0.25, 0.3) is 0 Å². The van der Waals surface area contributed by atoms with Gasteiger partial charge in [0.05, 0.1) is 0 Å². The molecule has 0 bridgehead atoms. The van der Waals surface area contributed by atoms with Crippen molar-refractivity contribution in [2.75, 3.05) is 13.6 Å². The fraction of sp³-hybridized carbons (Fsp3) is 0.933. The van der Waals surface area contributed by atoms with Crippen LogP contribution in [-0.4, -0.2) is 36.5 Å². The van der Waals surface area contributed by atoms with Crippen molar-refractivity contribution >= 4 is 18.3 Å². The predicted octanol–water partition coefficient (Wildman–Crippen LogP) is 3.12. The molecule has 1 aliphatic carbocycles. The number of rotatable bonds is 4. The normalized spacial score (nSPS) is 24.6. The molecule has 1 saturated carbocycles. The van der Waals surface area contributed by atoms with Gasteiger partial charge in [0, 0.05) is 25.6 Å². The van der Waals surface area contributed by atoms with Crippen LogP contribution in [0.2, 0.25) is 0 Å². The Morgan fingerprint density at radius 3 is 2.37 bits per heavy atom. The maximum absolute atomic E-state index is 12.2. The predicted molar refractivity (Wildman–Crippen MR) is 81.8 cm³/mol. The van der Waals surface area contributed by atoms with Crippen molar-refractivity contribution in [2.24, 2.45) is 0 Å². The summed E-state index contributed by atoms with van der Waals surface area (Å²) in [5.74, 6) is 0.357. The summed E-state index contributed by atoms with van der Waals surface area (Å²) in [6, 6.07) is 1.10. The van der Waals surface area contributed by atoms with E-state index in [0.29, 0.717) is 18.0 Å². The van der Waals surface area contributed by atoms with Crippen LogP contribution in [0.3, 0.4) is 0 Å². The smallest absolute Gasteiger partial charge is 0.222 e. The second-order valence-corrected chi connectivity index (χ2v) is 5.98. The lowest BCUT2D eigenvalue weighted by molar-refractivity contribution is -0.132. The quantitative estimate of drug-likeness (QED) is 0.806. The molecule has 1 atom stereocenters. The zero-order valence-corrected chi connectivity index (χ0v) is 13.0. The van der Waals surface area contributed by atoms with Gasteiger partial charge in [0.1, 0.15) is 0 Å². The highest BCUT2D eigenvalue weighted by Crippen LogP contribution is 2.22. The van der Waals surface area contributed by atoms with Gasteiger partial charge >= 0.3 is 0 Å². The molecule has 1 heterocycles. The molecule has 0 aromatic rings. The monoisotopic (exact) mass is 288 g/mol. The van der Waals surface area contributed by atoms with Gasteiger partial charge in [0.15, 0.2) is 0 Å². The number of hydrogen-bond acceptors (Lipinski definition) is 2. The van der Waals surface area contributed by atoms with Crippen LogP contribution >= 0.6 is 12.4 Å². The lowest BCUT2D eigenvalue weighted by Crippen LogP contribution is -2.37. The van der Waals surface area contributed by atoms with Crippen LogP contribution in [0.5, 0.6) is 0 Å². The van der Waals surface area contributed by atoms with Crippen molar-refractivity contribution in [1.29, 1.82) is 0 Å². The summed E-state index contributed by atoms with van der Waals surface area (Å²) in [7, 11) is 2.01. The molecule has 2 fully saturated rings. The summed E-state index contributed by atoms with van der Waals surface area (Å²) < 4.78 is 0. The van der Waals surface area contributed by atoms with Crippen molar-refractivity contribution in [3.8, 4) is 0 Å². The van der Waals surface area contributed by atoms with Crippen LogP contribution in [0, 0.1) is 0 Å². The summed E-state index contributed by atoms with van der Waals surface area (Å²) in [5, 5.41) is 3.47. The third-order valence-electron chi connectivity index (χ3n) is 4.63. The first-order valence-electron chi connectivity index (χ1n) is 7.76. The third kappa shape index (κ3) is 5.31. The molecule has 1 N–H and O–H groups in total. The SMILES string of the molecule is CN(C(=O)CCC1CCCN1)C1CCCCCC1.Cl. The molecular formula is C15H29ClN2O. The first-order chi connectivity index (χ1) is 8.77. The lowest BCUT2D eigenvalue weighted by Gasteiger charge is -2.27. The van der Waals surface area contributed by atoms with Crippen molar-refractivity contribution in [1.82, 2.24) is 10.2 Å². The second kappa shape index (κ2) is 8.80. The Bertz CT molecular complexity index is 259. The highest BCUT2D eigenvalue weighted by molar-refractivity contribution is 5.85. The van der Waals surface area contributed by atoms with Gasteiger partial charge in [0.2, 0.25) is 5.91 Å². The van der Waals surface area contributed by atoms with E-state index < -0.39 is 0 Å². The zero-order chi connectivity index (χ0) is 12.8. The Morgan fingerprint density at radius 1 is 1.11 bits per heavy atom. The largest absolute Gasteiger partial charge is 0.343 e. The van der Waals surface area contributed by atoms with E-state index in [1.807, 2.05) is 11.9 Å². The molecule has 1 amide bonds. The number of carbonyl (C=O) groups is 1. The van der Waals surface area contributed by atoms with E-state index in [9.17, 15) is 4.79 Å². The molecule has 3 nitrogen and oxygen atoms in total. The van der Waals surface area contributed by atoms with E-state index >= 15 is 0 Å². The van der Waals surface area contributed by atoms with Crippen molar-refractivity contribution in [3.63, 3.8) is 0 Å². The van der Waals surface area contributed by atoms with E-state index in [0.717, 1.165) is 19.4 Å². The summed E-state index contributed by atoms with van der Waals surface area (Å²) in [6.45, 7) is 1.14. The summed E-state index contributed by atoms with van der Waals surface area (Å²) >= 11 is 0. The molecular weight excluding hydrogens is 260 g/mol. The van der Waals surface area contributed by atoms with E-state index in [1.54, 1.807) is 0 Å². The topological polar surface area (TPSA) is 32.3 Å². The number of hydrogen-bond donors (Lipinski definition) is 1. The number of amides is 1. The Morgan fingerprint density at radius 2 is 1.79 bits per heavy atom. The second-order valence-electron chi connectivity index (χ2n) is 5.98. The fourth-order valence-corrected chi connectivity index (χ4v) is 3.33. The van der Waals surface area contributed by atoms with Crippen LogP contribution < -0.4 is 5.32 Å². The van der Waals surface area contributed by atoms with Gasteiger partial charge < -0.3 is 10.2 Å². The Balaban J connectivity index is 0.00000180. The van der Waals surface area contributed by atoms with Crippen LogP contribution in [0.15, 0.2) is 0 Å². The summed E-state index contributed by atoms with van der Waals surface area (Å²) in [4.78, 5) is 14.3. The van der Waals surface area contributed by atoms with E-state index in [4.69, 9.17) is 0 Å². The number of halogens is 1. The molecule has 1 unspecified atom stereocenters. The lowest BCUT2D eigenvalue weighted by atomic mass is 10.1. The minimum Gasteiger partial charge on any atom is -0.343 e. The fourth-order valence-electron chi connectivity index (χ4n) is 3.33. The van der Waals surface area contributed by atoms with Crippen LogP contribution in [0.1, 0.15) is 64.2 Å². The van der Waals surface area contributed by atoms with Crippen LogP contribution in [0.25, 0.3) is 0 Å². The van der Waals surface area contributed by atoms with Crippen molar-refractivity contribution in [2.45, 2.75) is 76.3 Å². The molecule has 0 aromatic carbocycles. The van der Waals surface area contributed by atoms with Crippen LogP contribution in [-0.2, 0) is 4.79 Å². The Hall–Kier alpha value is -0.280. The number of carbonyl (C=O) groups excluding carboxylic acids is 1.